The highest BCUT2D eigenvalue weighted by molar-refractivity contribution is 8.01. The quantitative estimate of drug-likeness (QED) is 0.862. The molecule has 0 saturated carbocycles. The van der Waals surface area contributed by atoms with E-state index in [1.807, 2.05) is 25.1 Å². The molecule has 0 radical (unpaired) electrons. The predicted molar refractivity (Wildman–Crippen MR) is 71.2 cm³/mol. The van der Waals surface area contributed by atoms with E-state index in [4.69, 9.17) is 5.73 Å². The van der Waals surface area contributed by atoms with Crippen LogP contribution in [0.15, 0.2) is 28.6 Å². The summed E-state index contributed by atoms with van der Waals surface area (Å²) in [6, 6.07) is 8.43. The number of thiazole rings is 1. The molecule has 2 nitrogen and oxygen atoms in total. The number of rotatable bonds is 3. The first-order valence-electron chi connectivity index (χ1n) is 4.49. The van der Waals surface area contributed by atoms with Crippen molar-refractivity contribution in [3.05, 3.63) is 24.3 Å². The zero-order chi connectivity index (χ0) is 9.97. The fraction of sp³-hybridized carbons (Fsp3) is 0.300. The molecule has 0 amide bonds. The second kappa shape index (κ2) is 5.70. The molecule has 0 aliphatic carbocycles. The highest BCUT2D eigenvalue weighted by Crippen LogP contribution is 2.29. The van der Waals surface area contributed by atoms with Crippen molar-refractivity contribution in [2.45, 2.75) is 17.3 Å². The molecule has 0 saturated heterocycles. The van der Waals surface area contributed by atoms with Gasteiger partial charge in [-0.1, -0.05) is 23.9 Å². The van der Waals surface area contributed by atoms with Gasteiger partial charge >= 0.3 is 0 Å². The Morgan fingerprint density at radius 1 is 1.47 bits per heavy atom. The highest BCUT2D eigenvalue weighted by Gasteiger charge is 2.04. The Kier molecular flexibility index (Phi) is 4.86. The van der Waals surface area contributed by atoms with E-state index in [1.54, 1.807) is 23.1 Å². The number of para-hydroxylation sites is 1. The molecular formula is C10H13ClN2S2. The van der Waals surface area contributed by atoms with Gasteiger partial charge in [0.25, 0.3) is 0 Å². The summed E-state index contributed by atoms with van der Waals surface area (Å²) in [7, 11) is 0. The summed E-state index contributed by atoms with van der Waals surface area (Å²) in [6.07, 6.45) is 0. The predicted octanol–water partition coefficient (Wildman–Crippen LogP) is 3.16. The van der Waals surface area contributed by atoms with Crippen LogP contribution in [0, 0.1) is 0 Å². The van der Waals surface area contributed by atoms with Crippen LogP contribution < -0.4 is 5.73 Å². The number of thioether (sulfide) groups is 1. The number of hydrogen-bond donors (Lipinski definition) is 1. The molecule has 2 aromatic rings. The molecule has 0 unspecified atom stereocenters. The first kappa shape index (κ1) is 12.8. The second-order valence-electron chi connectivity index (χ2n) is 3.24. The lowest BCUT2D eigenvalue weighted by atomic mass is 10.3. The van der Waals surface area contributed by atoms with Crippen LogP contribution in [-0.4, -0.2) is 16.8 Å². The molecule has 1 aromatic carbocycles. The third-order valence-electron chi connectivity index (χ3n) is 1.74. The van der Waals surface area contributed by atoms with Crippen molar-refractivity contribution in [3.8, 4) is 0 Å². The van der Waals surface area contributed by atoms with E-state index in [0.29, 0.717) is 0 Å². The third kappa shape index (κ3) is 3.34. The Morgan fingerprint density at radius 2 is 2.20 bits per heavy atom. The van der Waals surface area contributed by atoms with Gasteiger partial charge in [0.05, 0.1) is 10.2 Å². The first-order valence-corrected chi connectivity index (χ1v) is 6.30. The van der Waals surface area contributed by atoms with E-state index >= 15 is 0 Å². The molecule has 1 atom stereocenters. The number of nitrogens with two attached hydrogens (primary N) is 1. The van der Waals surface area contributed by atoms with Crippen LogP contribution in [0.2, 0.25) is 0 Å². The lowest BCUT2D eigenvalue weighted by Crippen LogP contribution is -2.17. The molecule has 0 spiro atoms. The van der Waals surface area contributed by atoms with E-state index < -0.39 is 0 Å². The summed E-state index contributed by atoms with van der Waals surface area (Å²) in [5.74, 6) is 0.930. The second-order valence-corrected chi connectivity index (χ2v) is 5.53. The summed E-state index contributed by atoms with van der Waals surface area (Å²) in [5, 5.41) is 0. The first-order chi connectivity index (χ1) is 6.75. The maximum absolute atomic E-state index is 5.69. The molecule has 0 bridgehead atoms. The Balaban J connectivity index is 0.00000112. The Labute approximate surface area is 104 Å². The Morgan fingerprint density at radius 3 is 2.87 bits per heavy atom. The average Bonchev–Trinajstić information content (AvgIpc) is 2.57. The minimum atomic E-state index is 0. The zero-order valence-electron chi connectivity index (χ0n) is 8.34. The number of hydrogen-bond acceptors (Lipinski definition) is 4. The minimum absolute atomic E-state index is 0. The van der Waals surface area contributed by atoms with Gasteiger partial charge in [0.2, 0.25) is 0 Å². The molecule has 0 aliphatic rings. The van der Waals surface area contributed by atoms with Gasteiger partial charge in [-0.05, 0) is 19.1 Å². The van der Waals surface area contributed by atoms with Crippen LogP contribution in [0.5, 0.6) is 0 Å². The van der Waals surface area contributed by atoms with E-state index in [0.717, 1.165) is 15.6 Å². The third-order valence-corrected chi connectivity index (χ3v) is 4.21. The highest BCUT2D eigenvalue weighted by atomic mass is 35.5. The summed E-state index contributed by atoms with van der Waals surface area (Å²) >= 11 is 3.47. The molecule has 1 heterocycles. The van der Waals surface area contributed by atoms with Crippen LogP contribution in [0.25, 0.3) is 10.2 Å². The molecule has 5 heteroatoms. The van der Waals surface area contributed by atoms with E-state index in [2.05, 4.69) is 11.1 Å². The van der Waals surface area contributed by atoms with Crippen LogP contribution in [0.4, 0.5) is 0 Å². The standard InChI is InChI=1S/C10H12N2S2.ClH/c1-7(11)6-13-10-12-8-4-2-3-5-9(8)14-10;/h2-5,7H,6,11H2,1H3;1H/t7-;/m1./s1. The number of halogens is 1. The monoisotopic (exact) mass is 260 g/mol. The van der Waals surface area contributed by atoms with Gasteiger partial charge in [0.1, 0.15) is 0 Å². The van der Waals surface area contributed by atoms with E-state index in [9.17, 15) is 0 Å². The number of nitrogens with zero attached hydrogens (tertiary/aromatic N) is 1. The van der Waals surface area contributed by atoms with Crippen LogP contribution in [-0.2, 0) is 0 Å². The van der Waals surface area contributed by atoms with Gasteiger partial charge < -0.3 is 5.73 Å². The largest absolute Gasteiger partial charge is 0.327 e. The van der Waals surface area contributed by atoms with Crippen molar-refractivity contribution < 1.29 is 0 Å². The lowest BCUT2D eigenvalue weighted by Gasteiger charge is -1.99. The molecule has 2 rings (SSSR count). The van der Waals surface area contributed by atoms with Crippen LogP contribution >= 0.6 is 35.5 Å². The van der Waals surface area contributed by atoms with Crippen LogP contribution in [0.1, 0.15) is 6.92 Å². The van der Waals surface area contributed by atoms with Gasteiger partial charge in [-0.3, -0.25) is 0 Å². The smallest absolute Gasteiger partial charge is 0.151 e. The molecule has 2 N–H and O–H groups in total. The maximum atomic E-state index is 5.69. The summed E-state index contributed by atoms with van der Waals surface area (Å²) in [5.41, 5.74) is 6.78. The fourth-order valence-electron chi connectivity index (χ4n) is 1.12. The maximum Gasteiger partial charge on any atom is 0.151 e. The van der Waals surface area contributed by atoms with Crippen molar-refractivity contribution in [1.82, 2.24) is 4.98 Å². The number of aromatic nitrogens is 1. The van der Waals surface area contributed by atoms with Crippen molar-refractivity contribution in [1.29, 1.82) is 0 Å². The lowest BCUT2D eigenvalue weighted by molar-refractivity contribution is 0.847. The molecule has 1 aromatic heterocycles. The Bertz CT molecular complexity index is 395. The van der Waals surface area contributed by atoms with Gasteiger partial charge in [0, 0.05) is 11.8 Å². The van der Waals surface area contributed by atoms with E-state index in [1.165, 1.54) is 4.70 Å². The van der Waals surface area contributed by atoms with Crippen molar-refractivity contribution in [2.75, 3.05) is 5.75 Å². The number of fused-ring (bicyclic) bond motifs is 1. The topological polar surface area (TPSA) is 38.9 Å². The van der Waals surface area contributed by atoms with Gasteiger partial charge in [-0.25, -0.2) is 4.98 Å². The normalized spacial score (nSPS) is 12.4. The molecule has 82 valence electrons. The van der Waals surface area contributed by atoms with Crippen molar-refractivity contribution >= 4 is 45.7 Å². The molecular weight excluding hydrogens is 248 g/mol. The van der Waals surface area contributed by atoms with Gasteiger partial charge in [0.15, 0.2) is 4.34 Å². The summed E-state index contributed by atoms with van der Waals surface area (Å²) in [4.78, 5) is 4.51. The Hall–Kier alpha value is -0.290. The average molecular weight is 261 g/mol. The SMILES string of the molecule is C[C@@H](N)CSc1nc2ccccc2s1.Cl. The van der Waals surface area contributed by atoms with Gasteiger partial charge in [-0.15, -0.1) is 23.7 Å². The van der Waals surface area contributed by atoms with Gasteiger partial charge in [-0.2, -0.15) is 0 Å². The van der Waals surface area contributed by atoms with E-state index in [-0.39, 0.29) is 18.4 Å². The van der Waals surface area contributed by atoms with Crippen molar-refractivity contribution in [3.63, 3.8) is 0 Å². The molecule has 15 heavy (non-hydrogen) atoms. The van der Waals surface area contributed by atoms with Crippen molar-refractivity contribution in [2.24, 2.45) is 5.73 Å². The molecule has 0 fully saturated rings. The zero-order valence-corrected chi connectivity index (χ0v) is 10.8. The fourth-order valence-corrected chi connectivity index (χ4v) is 3.09. The van der Waals surface area contributed by atoms with Crippen LogP contribution in [0.3, 0.4) is 0 Å². The summed E-state index contributed by atoms with van der Waals surface area (Å²) < 4.78 is 2.36. The summed E-state index contributed by atoms with van der Waals surface area (Å²) in [6.45, 7) is 2.01. The molecule has 0 aliphatic heterocycles. The number of benzene rings is 1. The minimum Gasteiger partial charge on any atom is -0.327 e.